The van der Waals surface area contributed by atoms with Crippen LogP contribution >= 0.6 is 15.9 Å². The molecule has 1 fully saturated rings. The highest BCUT2D eigenvalue weighted by Crippen LogP contribution is 2.29. The normalized spacial score (nSPS) is 15.0. The maximum Gasteiger partial charge on any atom is 0.335 e. The third-order valence-electron chi connectivity index (χ3n) is 5.70. The lowest BCUT2D eigenvalue weighted by Crippen LogP contribution is -2.54. The van der Waals surface area contributed by atoms with E-state index in [9.17, 15) is 14.4 Å². The van der Waals surface area contributed by atoms with Crippen LogP contribution in [0.4, 0.5) is 10.5 Å². The monoisotopic (exact) mass is 518 g/mol. The van der Waals surface area contributed by atoms with Crippen LogP contribution in [0.15, 0.2) is 70.7 Å². The summed E-state index contributed by atoms with van der Waals surface area (Å²) in [5, 5.41) is 2.30. The molecule has 0 bridgehead atoms. The quantitative estimate of drug-likeness (QED) is 0.365. The number of nitrogens with zero attached hydrogens (tertiary/aromatic N) is 1. The Hall–Kier alpha value is -3.71. The molecule has 1 saturated heterocycles. The van der Waals surface area contributed by atoms with Crippen LogP contribution in [0.3, 0.4) is 0 Å². The van der Waals surface area contributed by atoms with E-state index in [1.54, 1.807) is 25.3 Å². The lowest BCUT2D eigenvalue weighted by molar-refractivity contribution is -0.122. The smallest absolute Gasteiger partial charge is 0.335 e. The number of imide groups is 2. The van der Waals surface area contributed by atoms with Gasteiger partial charge in [-0.1, -0.05) is 52.3 Å². The first-order chi connectivity index (χ1) is 16.3. The van der Waals surface area contributed by atoms with E-state index in [0.717, 1.165) is 31.6 Å². The summed E-state index contributed by atoms with van der Waals surface area (Å²) >= 11 is 3.58. The summed E-state index contributed by atoms with van der Waals surface area (Å²) in [4.78, 5) is 39.8. The highest BCUT2D eigenvalue weighted by molar-refractivity contribution is 9.10. The largest absolute Gasteiger partial charge is 0.497 e. The molecule has 4 amide bonds. The van der Waals surface area contributed by atoms with E-state index >= 15 is 0 Å². The zero-order valence-corrected chi connectivity index (χ0v) is 20.6. The van der Waals surface area contributed by atoms with Crippen molar-refractivity contribution in [3.63, 3.8) is 0 Å². The van der Waals surface area contributed by atoms with Crippen molar-refractivity contribution in [1.82, 2.24) is 5.32 Å². The second-order valence-corrected chi connectivity index (χ2v) is 8.94. The number of nitrogens with one attached hydrogen (secondary N) is 1. The molecule has 0 saturated carbocycles. The van der Waals surface area contributed by atoms with Gasteiger partial charge in [0.1, 0.15) is 11.3 Å². The number of carbonyl (C=O) groups excluding carboxylic acids is 3. The van der Waals surface area contributed by atoms with Crippen LogP contribution in [0.2, 0.25) is 0 Å². The number of amides is 4. The summed E-state index contributed by atoms with van der Waals surface area (Å²) in [5.41, 5.74) is 4.58. The minimum atomic E-state index is -0.760. The maximum atomic E-state index is 13.4. The van der Waals surface area contributed by atoms with E-state index < -0.39 is 17.8 Å². The summed E-state index contributed by atoms with van der Waals surface area (Å²) in [6, 6.07) is 18.0. The second kappa shape index (κ2) is 9.65. The number of hydrogen-bond acceptors (Lipinski definition) is 4. The van der Waals surface area contributed by atoms with E-state index in [1.807, 2.05) is 56.3 Å². The predicted octanol–water partition coefficient (Wildman–Crippen LogP) is 5.33. The molecule has 1 N–H and O–H groups in total. The number of halogens is 1. The number of methoxy groups -OCH3 is 1. The number of carbonyl (C=O) groups is 3. The molecule has 0 aromatic heterocycles. The summed E-state index contributed by atoms with van der Waals surface area (Å²) in [5.74, 6) is -0.722. The number of barbiturate groups is 1. The molecule has 0 aliphatic carbocycles. The van der Waals surface area contributed by atoms with Gasteiger partial charge in [0.05, 0.1) is 12.8 Å². The Labute approximate surface area is 206 Å². The van der Waals surface area contributed by atoms with Gasteiger partial charge >= 0.3 is 6.03 Å². The molecule has 0 unspecified atom stereocenters. The van der Waals surface area contributed by atoms with Crippen molar-refractivity contribution in [3.8, 4) is 5.75 Å². The Bertz CT molecular complexity index is 1350. The standard InChI is InChI=1S/C27H23BrN2O4/c1-16-8-9-17(2)24(12-16)30-26(32)22(25(31)29-27(30)33)15-18-10-11-21(34-3)14-20(18)13-19-6-4-5-7-23(19)28/h4-12,14-15H,13H2,1-3H3,(H,29,31,33)/b22-15+. The predicted molar refractivity (Wildman–Crippen MR) is 135 cm³/mol. The van der Waals surface area contributed by atoms with E-state index in [4.69, 9.17) is 4.74 Å². The first kappa shape index (κ1) is 23.4. The number of benzene rings is 3. The van der Waals surface area contributed by atoms with Crippen LogP contribution in [0.1, 0.15) is 27.8 Å². The molecule has 1 heterocycles. The SMILES string of the molecule is COc1ccc(/C=C2\C(=O)NC(=O)N(c3cc(C)ccc3C)C2=O)c(Cc2ccccc2Br)c1. The topological polar surface area (TPSA) is 75.7 Å². The Morgan fingerprint density at radius 1 is 0.971 bits per heavy atom. The van der Waals surface area contributed by atoms with Crippen molar-refractivity contribution in [3.05, 3.63) is 98.5 Å². The van der Waals surface area contributed by atoms with Gasteiger partial charge in [-0.2, -0.15) is 0 Å². The number of aryl methyl sites for hydroxylation is 2. The van der Waals surface area contributed by atoms with E-state index in [-0.39, 0.29) is 5.57 Å². The Morgan fingerprint density at radius 3 is 2.47 bits per heavy atom. The molecule has 6 nitrogen and oxygen atoms in total. The minimum Gasteiger partial charge on any atom is -0.497 e. The molecule has 0 spiro atoms. The fourth-order valence-electron chi connectivity index (χ4n) is 3.84. The molecule has 3 aromatic carbocycles. The fourth-order valence-corrected chi connectivity index (χ4v) is 4.27. The zero-order chi connectivity index (χ0) is 24.4. The number of hydrogen-bond donors (Lipinski definition) is 1. The molecular weight excluding hydrogens is 496 g/mol. The first-order valence-electron chi connectivity index (χ1n) is 10.7. The minimum absolute atomic E-state index is 0.112. The number of urea groups is 1. The van der Waals surface area contributed by atoms with Crippen LogP contribution in [0.5, 0.6) is 5.75 Å². The number of rotatable bonds is 5. The molecular formula is C27H23BrN2O4. The first-order valence-corrected chi connectivity index (χ1v) is 11.5. The highest BCUT2D eigenvalue weighted by atomic mass is 79.9. The Kier molecular flexibility index (Phi) is 6.65. The molecule has 0 atom stereocenters. The third-order valence-corrected chi connectivity index (χ3v) is 6.47. The van der Waals surface area contributed by atoms with Gasteiger partial charge in [-0.25, -0.2) is 9.69 Å². The van der Waals surface area contributed by atoms with E-state index in [2.05, 4.69) is 21.2 Å². The molecule has 1 aliphatic rings. The molecule has 0 radical (unpaired) electrons. The van der Waals surface area contributed by atoms with Gasteiger partial charge in [0, 0.05) is 4.47 Å². The molecule has 7 heteroatoms. The van der Waals surface area contributed by atoms with Gasteiger partial charge in [-0.05, 0) is 78.4 Å². The van der Waals surface area contributed by atoms with E-state index in [0.29, 0.717) is 23.4 Å². The molecule has 1 aliphatic heterocycles. The average molecular weight is 519 g/mol. The van der Waals surface area contributed by atoms with Crippen LogP contribution < -0.4 is 15.0 Å². The van der Waals surface area contributed by atoms with Gasteiger partial charge in [-0.3, -0.25) is 14.9 Å². The van der Waals surface area contributed by atoms with Gasteiger partial charge in [-0.15, -0.1) is 0 Å². The van der Waals surface area contributed by atoms with Crippen molar-refractivity contribution in [2.45, 2.75) is 20.3 Å². The summed E-state index contributed by atoms with van der Waals surface area (Å²) < 4.78 is 6.35. The van der Waals surface area contributed by atoms with Gasteiger partial charge in [0.25, 0.3) is 11.8 Å². The van der Waals surface area contributed by atoms with E-state index in [1.165, 1.54) is 6.08 Å². The summed E-state index contributed by atoms with van der Waals surface area (Å²) in [7, 11) is 1.58. The molecule has 3 aromatic rings. The number of anilines is 1. The van der Waals surface area contributed by atoms with Crippen LogP contribution in [0.25, 0.3) is 6.08 Å². The Morgan fingerprint density at radius 2 is 1.74 bits per heavy atom. The highest BCUT2D eigenvalue weighted by Gasteiger charge is 2.37. The van der Waals surface area contributed by atoms with Crippen LogP contribution in [-0.4, -0.2) is 25.0 Å². The zero-order valence-electron chi connectivity index (χ0n) is 19.0. The van der Waals surface area contributed by atoms with Gasteiger partial charge < -0.3 is 4.74 Å². The average Bonchev–Trinajstić information content (AvgIpc) is 2.81. The Balaban J connectivity index is 1.79. The van der Waals surface area contributed by atoms with Crippen molar-refractivity contribution >= 4 is 45.5 Å². The van der Waals surface area contributed by atoms with Crippen LogP contribution in [0, 0.1) is 13.8 Å². The van der Waals surface area contributed by atoms with Crippen molar-refractivity contribution in [2.24, 2.45) is 0 Å². The van der Waals surface area contributed by atoms with Gasteiger partial charge in [0.15, 0.2) is 0 Å². The summed E-state index contributed by atoms with van der Waals surface area (Å²) in [6.45, 7) is 3.69. The van der Waals surface area contributed by atoms with Gasteiger partial charge in [0.2, 0.25) is 0 Å². The third kappa shape index (κ3) is 4.65. The number of ether oxygens (including phenoxy) is 1. The lowest BCUT2D eigenvalue weighted by atomic mass is 9.96. The van der Waals surface area contributed by atoms with Crippen molar-refractivity contribution < 1.29 is 19.1 Å². The van der Waals surface area contributed by atoms with Crippen LogP contribution in [-0.2, 0) is 16.0 Å². The fraction of sp³-hybridized carbons (Fsp3) is 0.148. The lowest BCUT2D eigenvalue weighted by Gasteiger charge is -2.28. The molecule has 34 heavy (non-hydrogen) atoms. The van der Waals surface area contributed by atoms with Crippen molar-refractivity contribution in [2.75, 3.05) is 12.0 Å². The molecule has 4 rings (SSSR count). The maximum absolute atomic E-state index is 13.4. The molecule has 172 valence electrons. The summed E-state index contributed by atoms with van der Waals surface area (Å²) in [6.07, 6.45) is 2.08. The second-order valence-electron chi connectivity index (χ2n) is 8.08. The van der Waals surface area contributed by atoms with Crippen molar-refractivity contribution in [1.29, 1.82) is 0 Å².